The van der Waals surface area contributed by atoms with Crippen molar-refractivity contribution in [2.45, 2.75) is 0 Å². The standard InChI is InChI=1S/C17H10FN3O2/c18-13-3-1-2-12(8-13)15-9-16(23-21-15)17(22)20-14-6-4-11(10-19)5-7-14/h1-9H,(H,20,22). The molecule has 0 radical (unpaired) electrons. The minimum atomic E-state index is -0.482. The summed E-state index contributed by atoms with van der Waals surface area (Å²) >= 11 is 0. The van der Waals surface area contributed by atoms with Gasteiger partial charge in [-0.15, -0.1) is 0 Å². The molecular weight excluding hydrogens is 297 g/mol. The third-order valence-corrected chi connectivity index (χ3v) is 3.13. The summed E-state index contributed by atoms with van der Waals surface area (Å²) in [7, 11) is 0. The highest BCUT2D eigenvalue weighted by Crippen LogP contribution is 2.20. The lowest BCUT2D eigenvalue weighted by atomic mass is 10.1. The summed E-state index contributed by atoms with van der Waals surface area (Å²) in [6, 6.07) is 15.7. The summed E-state index contributed by atoms with van der Waals surface area (Å²) < 4.78 is 18.2. The SMILES string of the molecule is N#Cc1ccc(NC(=O)c2cc(-c3cccc(F)c3)no2)cc1. The van der Waals surface area contributed by atoms with Crippen LogP contribution in [0.25, 0.3) is 11.3 Å². The molecule has 112 valence electrons. The first-order valence-electron chi connectivity index (χ1n) is 6.70. The number of hydrogen-bond acceptors (Lipinski definition) is 4. The molecule has 0 fully saturated rings. The molecule has 1 amide bonds. The average molecular weight is 307 g/mol. The third-order valence-electron chi connectivity index (χ3n) is 3.13. The number of rotatable bonds is 3. The largest absolute Gasteiger partial charge is 0.350 e. The van der Waals surface area contributed by atoms with Crippen LogP contribution in [-0.2, 0) is 0 Å². The molecule has 0 atom stereocenters. The summed E-state index contributed by atoms with van der Waals surface area (Å²) in [6.07, 6.45) is 0. The van der Waals surface area contributed by atoms with Crippen LogP contribution in [0.3, 0.4) is 0 Å². The Bertz CT molecular complexity index is 895. The topological polar surface area (TPSA) is 78.9 Å². The number of hydrogen-bond donors (Lipinski definition) is 1. The van der Waals surface area contributed by atoms with E-state index < -0.39 is 11.7 Å². The van der Waals surface area contributed by atoms with E-state index in [1.54, 1.807) is 36.4 Å². The zero-order valence-corrected chi connectivity index (χ0v) is 11.8. The number of nitrogens with one attached hydrogen (secondary N) is 1. The van der Waals surface area contributed by atoms with Crippen LogP contribution in [0.2, 0.25) is 0 Å². The Morgan fingerprint density at radius 3 is 2.65 bits per heavy atom. The van der Waals surface area contributed by atoms with Crippen LogP contribution in [0.5, 0.6) is 0 Å². The number of halogens is 1. The van der Waals surface area contributed by atoms with Crippen LogP contribution < -0.4 is 5.32 Å². The average Bonchev–Trinajstić information content (AvgIpc) is 3.06. The maximum atomic E-state index is 13.2. The molecule has 3 rings (SSSR count). The quantitative estimate of drug-likeness (QED) is 0.801. The van der Waals surface area contributed by atoms with Crippen molar-refractivity contribution in [2.24, 2.45) is 0 Å². The lowest BCUT2D eigenvalue weighted by Crippen LogP contribution is -2.10. The zero-order chi connectivity index (χ0) is 16.2. The molecule has 0 aliphatic rings. The van der Waals surface area contributed by atoms with Crippen molar-refractivity contribution in [1.82, 2.24) is 5.16 Å². The molecule has 2 aromatic carbocycles. The molecule has 1 N–H and O–H groups in total. The Kier molecular flexibility index (Phi) is 3.85. The second-order valence-corrected chi connectivity index (χ2v) is 4.73. The maximum Gasteiger partial charge on any atom is 0.294 e. The molecule has 5 nitrogen and oxygen atoms in total. The number of anilines is 1. The van der Waals surface area contributed by atoms with Crippen LogP contribution in [0.1, 0.15) is 16.1 Å². The molecule has 0 aliphatic heterocycles. The summed E-state index contributed by atoms with van der Waals surface area (Å²) in [5, 5.41) is 15.1. The molecule has 0 unspecified atom stereocenters. The first kappa shape index (κ1) is 14.5. The summed E-state index contributed by atoms with van der Waals surface area (Å²) in [4.78, 5) is 12.1. The van der Waals surface area contributed by atoms with Gasteiger partial charge in [-0.1, -0.05) is 17.3 Å². The number of nitriles is 1. The number of aromatic nitrogens is 1. The van der Waals surface area contributed by atoms with Crippen LogP contribution in [0.15, 0.2) is 59.1 Å². The molecule has 0 spiro atoms. The monoisotopic (exact) mass is 307 g/mol. The van der Waals surface area contributed by atoms with Gasteiger partial charge < -0.3 is 9.84 Å². The molecule has 1 aromatic heterocycles. The number of carbonyl (C=O) groups is 1. The van der Waals surface area contributed by atoms with Crippen molar-refractivity contribution >= 4 is 11.6 Å². The van der Waals surface area contributed by atoms with Gasteiger partial charge in [0.05, 0.1) is 11.6 Å². The van der Waals surface area contributed by atoms with Crippen molar-refractivity contribution in [3.05, 3.63) is 71.7 Å². The van der Waals surface area contributed by atoms with Gasteiger partial charge in [0.15, 0.2) is 0 Å². The number of nitrogens with zero attached hydrogens (tertiary/aromatic N) is 2. The highest BCUT2D eigenvalue weighted by Gasteiger charge is 2.14. The minimum absolute atomic E-state index is 0.00798. The van der Waals surface area contributed by atoms with E-state index in [4.69, 9.17) is 9.78 Å². The van der Waals surface area contributed by atoms with Crippen LogP contribution >= 0.6 is 0 Å². The van der Waals surface area contributed by atoms with Crippen LogP contribution in [0, 0.1) is 17.1 Å². The summed E-state index contributed by atoms with van der Waals surface area (Å²) in [5.41, 5.74) is 1.91. The lowest BCUT2D eigenvalue weighted by molar-refractivity contribution is 0.0988. The fraction of sp³-hybridized carbons (Fsp3) is 0. The second-order valence-electron chi connectivity index (χ2n) is 4.73. The zero-order valence-electron chi connectivity index (χ0n) is 11.8. The summed E-state index contributed by atoms with van der Waals surface area (Å²) in [6.45, 7) is 0. The Morgan fingerprint density at radius 1 is 1.17 bits per heavy atom. The van der Waals surface area contributed by atoms with E-state index in [1.807, 2.05) is 6.07 Å². The third kappa shape index (κ3) is 3.24. The van der Waals surface area contributed by atoms with Gasteiger partial charge in [0.2, 0.25) is 5.76 Å². The van der Waals surface area contributed by atoms with Gasteiger partial charge in [0.1, 0.15) is 11.5 Å². The lowest BCUT2D eigenvalue weighted by Gasteiger charge is -2.01. The van der Waals surface area contributed by atoms with Crippen LogP contribution in [-0.4, -0.2) is 11.1 Å². The fourth-order valence-electron chi connectivity index (χ4n) is 1.99. The van der Waals surface area contributed by atoms with Crippen molar-refractivity contribution in [1.29, 1.82) is 5.26 Å². The molecule has 0 aliphatic carbocycles. The number of benzene rings is 2. The maximum absolute atomic E-state index is 13.2. The number of amides is 1. The first-order chi connectivity index (χ1) is 11.2. The van der Waals surface area contributed by atoms with E-state index in [1.165, 1.54) is 18.2 Å². The Labute approximate surface area is 131 Å². The molecule has 23 heavy (non-hydrogen) atoms. The Morgan fingerprint density at radius 2 is 1.96 bits per heavy atom. The van der Waals surface area contributed by atoms with Crippen molar-refractivity contribution in [3.63, 3.8) is 0 Å². The molecule has 0 saturated carbocycles. The predicted molar refractivity (Wildman–Crippen MR) is 81.0 cm³/mol. The van der Waals surface area contributed by atoms with Gasteiger partial charge in [-0.2, -0.15) is 5.26 Å². The molecule has 1 heterocycles. The molecule has 6 heteroatoms. The number of carbonyl (C=O) groups excluding carboxylic acids is 1. The smallest absolute Gasteiger partial charge is 0.294 e. The molecular formula is C17H10FN3O2. The Hall–Kier alpha value is -3.46. The van der Waals surface area contributed by atoms with Gasteiger partial charge in [-0.3, -0.25) is 4.79 Å². The van der Waals surface area contributed by atoms with E-state index in [2.05, 4.69) is 10.5 Å². The van der Waals surface area contributed by atoms with Gasteiger partial charge in [0.25, 0.3) is 5.91 Å². The van der Waals surface area contributed by atoms with E-state index in [0.29, 0.717) is 22.5 Å². The molecule has 0 saturated heterocycles. The second kappa shape index (κ2) is 6.12. The van der Waals surface area contributed by atoms with E-state index in [9.17, 15) is 9.18 Å². The Balaban J connectivity index is 1.77. The first-order valence-corrected chi connectivity index (χ1v) is 6.70. The van der Waals surface area contributed by atoms with Gasteiger partial charge in [-0.25, -0.2) is 4.39 Å². The molecule has 3 aromatic rings. The van der Waals surface area contributed by atoms with Crippen LogP contribution in [0.4, 0.5) is 10.1 Å². The highest BCUT2D eigenvalue weighted by atomic mass is 19.1. The normalized spacial score (nSPS) is 10.1. The van der Waals surface area contributed by atoms with Crippen molar-refractivity contribution in [3.8, 4) is 17.3 Å². The fourth-order valence-corrected chi connectivity index (χ4v) is 1.99. The summed E-state index contributed by atoms with van der Waals surface area (Å²) in [5.74, 6) is -0.868. The van der Waals surface area contributed by atoms with E-state index in [-0.39, 0.29) is 5.76 Å². The van der Waals surface area contributed by atoms with E-state index >= 15 is 0 Å². The van der Waals surface area contributed by atoms with Gasteiger partial charge in [0, 0.05) is 17.3 Å². The molecule has 0 bridgehead atoms. The van der Waals surface area contributed by atoms with Crippen molar-refractivity contribution in [2.75, 3.05) is 5.32 Å². The van der Waals surface area contributed by atoms with Gasteiger partial charge in [-0.05, 0) is 36.4 Å². The van der Waals surface area contributed by atoms with Gasteiger partial charge >= 0.3 is 0 Å². The highest BCUT2D eigenvalue weighted by molar-refractivity contribution is 6.02. The predicted octanol–water partition coefficient (Wildman–Crippen LogP) is 3.60. The van der Waals surface area contributed by atoms with Crippen molar-refractivity contribution < 1.29 is 13.7 Å². The van der Waals surface area contributed by atoms with E-state index in [0.717, 1.165) is 0 Å². The minimum Gasteiger partial charge on any atom is -0.350 e.